The molecule has 0 bridgehead atoms. The average molecular weight is 850 g/mol. The lowest BCUT2D eigenvalue weighted by Gasteiger charge is -2.47. The van der Waals surface area contributed by atoms with Crippen LogP contribution in [0, 0.1) is 17.8 Å². The number of carbonyl (C=O) groups is 4. The van der Waals surface area contributed by atoms with Gasteiger partial charge < -0.3 is 29.5 Å². The van der Waals surface area contributed by atoms with E-state index in [0.717, 1.165) is 11.8 Å². The maximum absolute atomic E-state index is 15.1. The van der Waals surface area contributed by atoms with Crippen LogP contribution in [0.1, 0.15) is 79.1 Å². The number of rotatable bonds is 8. The Labute approximate surface area is 340 Å². The molecule has 1 aromatic carbocycles. The van der Waals surface area contributed by atoms with Gasteiger partial charge in [-0.25, -0.2) is 18.2 Å². The Balaban J connectivity index is 1.29. The summed E-state index contributed by atoms with van der Waals surface area (Å²) in [5, 5.41) is 13.7. The maximum Gasteiger partial charge on any atom is 0.411 e. The summed E-state index contributed by atoms with van der Waals surface area (Å²) in [5.74, 6) is -3.50. The fourth-order valence-electron chi connectivity index (χ4n) is 8.78. The predicted octanol–water partition coefficient (Wildman–Crippen LogP) is 4.93. The number of nitrogens with one attached hydrogen (secondary N) is 2. The van der Waals surface area contributed by atoms with Crippen molar-refractivity contribution >= 4 is 44.6 Å². The Morgan fingerprint density at radius 3 is 2.51 bits per heavy atom. The van der Waals surface area contributed by atoms with Crippen molar-refractivity contribution < 1.29 is 60.1 Å². The highest BCUT2D eigenvalue weighted by molar-refractivity contribution is 7.91. The monoisotopic (exact) mass is 849 g/mol. The molecule has 7 rings (SSSR count). The fraction of sp³-hybridized carbons (Fsp3) is 0.625. The van der Waals surface area contributed by atoms with E-state index < -0.39 is 92.8 Å². The normalized spacial score (nSPS) is 29.8. The van der Waals surface area contributed by atoms with Crippen LogP contribution < -0.4 is 24.2 Å². The molecule has 8 atom stereocenters. The van der Waals surface area contributed by atoms with Crippen LogP contribution in [0.4, 0.5) is 18.0 Å². The summed E-state index contributed by atoms with van der Waals surface area (Å²) in [4.78, 5) is 62.3. The Kier molecular flexibility index (Phi) is 11.2. The van der Waals surface area contributed by atoms with Crippen molar-refractivity contribution in [3.63, 3.8) is 0 Å². The third-order valence-corrected chi connectivity index (χ3v) is 14.4. The smallest absolute Gasteiger partial charge is 0.411 e. The van der Waals surface area contributed by atoms with E-state index in [1.165, 1.54) is 20.0 Å². The molecule has 322 valence electrons. The molecule has 0 radical (unpaired) electrons. The first-order chi connectivity index (χ1) is 27.8. The highest BCUT2D eigenvalue weighted by Gasteiger charge is 2.63. The lowest BCUT2D eigenvalue weighted by atomic mass is 9.84. The molecular formula is C40H50F3N5O10S. The first kappa shape index (κ1) is 42.3. The molecule has 3 aliphatic heterocycles. The van der Waals surface area contributed by atoms with Crippen LogP contribution in [0.3, 0.4) is 0 Å². The molecular weight excluding hydrogens is 800 g/mol. The van der Waals surface area contributed by atoms with Crippen molar-refractivity contribution in [1.29, 1.82) is 0 Å². The summed E-state index contributed by atoms with van der Waals surface area (Å²) in [7, 11) is -4.03. The number of hydrogen-bond donors (Lipinski definition) is 3. The van der Waals surface area contributed by atoms with E-state index in [9.17, 15) is 41.1 Å². The second kappa shape index (κ2) is 15.7. The quantitative estimate of drug-likeness (QED) is 0.305. The van der Waals surface area contributed by atoms with Gasteiger partial charge in [0.05, 0.1) is 11.8 Å². The number of amides is 4. The van der Waals surface area contributed by atoms with Crippen molar-refractivity contribution in [2.45, 2.75) is 120 Å². The number of pyridine rings is 1. The number of aromatic nitrogens is 1. The molecule has 1 unspecified atom stereocenters. The van der Waals surface area contributed by atoms with Gasteiger partial charge in [-0.3, -0.25) is 24.0 Å². The zero-order valence-electron chi connectivity index (χ0n) is 33.3. The number of alkyl halides is 3. The number of allylic oxidation sites excluding steroid dienone is 1. The van der Waals surface area contributed by atoms with Crippen LogP contribution in [-0.2, 0) is 24.4 Å². The lowest BCUT2D eigenvalue weighted by molar-refractivity contribution is -0.229. The Morgan fingerprint density at radius 2 is 1.83 bits per heavy atom. The number of benzene rings is 1. The SMILES string of the molecule is CCC(C)(N(C(=O)O)[C@@H]1C(=O)N2C[C@H](Oc3nccc4c5c(ccc34)OCCO5)C[C@H]2C(=O)N[C@]2(C(=O)NS(=O)(=O)C3CC3)C[C@H]2C=CCC[C@@H](C)C[C@H]1C)C(F)(F)F. The van der Waals surface area contributed by atoms with Crippen molar-refractivity contribution in [3.8, 4) is 17.4 Å². The topological polar surface area (TPSA) is 194 Å². The fourth-order valence-corrected chi connectivity index (χ4v) is 10.1. The van der Waals surface area contributed by atoms with Gasteiger partial charge in [-0.1, -0.05) is 32.9 Å². The van der Waals surface area contributed by atoms with Gasteiger partial charge in [0.1, 0.15) is 42.5 Å². The summed E-state index contributed by atoms with van der Waals surface area (Å²) < 4.78 is 90.9. The molecule has 15 nitrogen and oxygen atoms in total. The number of fused-ring (bicyclic) bond motifs is 5. The van der Waals surface area contributed by atoms with Crippen LogP contribution in [0.2, 0.25) is 0 Å². The van der Waals surface area contributed by atoms with Crippen LogP contribution >= 0.6 is 0 Å². The standard InChI is InChI=1S/C40H50F3N5O10S/c1-5-38(4,40(41,42)43)48(37(52)53)31-23(3)18-22(2)8-6-7-9-24-20-39(24,36(51)46-59(54,55)26-10-11-26)45-33(49)29-19-25(21-47(29)35(31)50)58-34-28-12-13-30-32(57-17-16-56-30)27(28)14-15-44-34/h7,9,12-15,22-26,29,31H,5-6,8,10-11,16-21H2,1-4H3,(H,45,49)(H,46,51)(H,52,53)/t22-,23-,24-,25-,29+,31+,38?,39-/m1/s1. The van der Waals surface area contributed by atoms with Crippen molar-refractivity contribution in [1.82, 2.24) is 24.8 Å². The Bertz CT molecular complexity index is 2150. The number of hydrogen-bond acceptors (Lipinski definition) is 10. The molecule has 2 aromatic rings. The van der Waals surface area contributed by atoms with Crippen molar-refractivity contribution in [2.24, 2.45) is 17.8 Å². The molecule has 3 fully saturated rings. The Hall–Kier alpha value is -4.81. The number of carboxylic acid groups (broad SMARTS) is 1. The first-order valence-electron chi connectivity index (χ1n) is 20.1. The van der Waals surface area contributed by atoms with Crippen molar-refractivity contribution in [2.75, 3.05) is 19.8 Å². The van der Waals surface area contributed by atoms with Gasteiger partial charge in [0, 0.05) is 29.3 Å². The molecule has 2 aliphatic carbocycles. The molecule has 59 heavy (non-hydrogen) atoms. The molecule has 4 heterocycles. The second-order valence-corrected chi connectivity index (χ2v) is 18.7. The summed E-state index contributed by atoms with van der Waals surface area (Å²) in [5.41, 5.74) is -4.70. The van der Waals surface area contributed by atoms with E-state index in [-0.39, 0.29) is 42.5 Å². The largest absolute Gasteiger partial charge is 0.486 e. The highest BCUT2D eigenvalue weighted by Crippen LogP contribution is 2.47. The summed E-state index contributed by atoms with van der Waals surface area (Å²) in [6.45, 7) is 5.64. The average Bonchev–Trinajstić information content (AvgIpc) is 4.11. The number of sulfonamides is 1. The third-order valence-electron chi connectivity index (χ3n) is 12.6. The van der Waals surface area contributed by atoms with Gasteiger partial charge in [-0.2, -0.15) is 13.2 Å². The number of nitrogens with zero attached hydrogens (tertiary/aromatic N) is 3. The summed E-state index contributed by atoms with van der Waals surface area (Å²) >= 11 is 0. The van der Waals surface area contributed by atoms with Crippen LogP contribution in [-0.4, -0.2) is 113 Å². The number of halogens is 3. The predicted molar refractivity (Wildman–Crippen MR) is 206 cm³/mol. The van der Waals surface area contributed by atoms with E-state index in [0.29, 0.717) is 61.2 Å². The second-order valence-electron chi connectivity index (χ2n) is 16.8. The molecule has 1 aromatic heterocycles. The van der Waals surface area contributed by atoms with E-state index in [2.05, 4.69) is 15.0 Å². The maximum atomic E-state index is 15.1. The number of carbonyl (C=O) groups excluding carboxylic acids is 3. The summed E-state index contributed by atoms with van der Waals surface area (Å²) in [6.07, 6.45) is -1.98. The highest BCUT2D eigenvalue weighted by atomic mass is 32.2. The van der Waals surface area contributed by atoms with Gasteiger partial charge in [-0.05, 0) is 81.9 Å². The zero-order valence-corrected chi connectivity index (χ0v) is 34.1. The molecule has 1 saturated heterocycles. The molecule has 4 amide bonds. The first-order valence-corrected chi connectivity index (χ1v) is 21.6. The van der Waals surface area contributed by atoms with E-state index in [4.69, 9.17) is 14.2 Å². The molecule has 3 N–H and O–H groups in total. The van der Waals surface area contributed by atoms with Crippen molar-refractivity contribution in [3.05, 3.63) is 36.5 Å². The minimum atomic E-state index is -5.09. The van der Waals surface area contributed by atoms with Gasteiger partial charge in [0.15, 0.2) is 11.5 Å². The Morgan fingerprint density at radius 1 is 1.10 bits per heavy atom. The summed E-state index contributed by atoms with van der Waals surface area (Å²) in [6, 6.07) is 1.73. The minimum absolute atomic E-state index is 0.0559. The molecule has 0 spiro atoms. The molecule has 2 saturated carbocycles. The zero-order chi connectivity index (χ0) is 42.7. The van der Waals surface area contributed by atoms with Crippen LogP contribution in [0.25, 0.3) is 10.8 Å². The van der Waals surface area contributed by atoms with Crippen LogP contribution in [0.15, 0.2) is 36.5 Å². The molecule has 19 heteroatoms. The minimum Gasteiger partial charge on any atom is -0.486 e. The molecule has 5 aliphatic rings. The van der Waals surface area contributed by atoms with Gasteiger partial charge in [0.25, 0.3) is 5.91 Å². The van der Waals surface area contributed by atoms with E-state index >= 15 is 4.79 Å². The van der Waals surface area contributed by atoms with Gasteiger partial charge >= 0.3 is 12.3 Å². The number of ether oxygens (including phenoxy) is 3. The van der Waals surface area contributed by atoms with E-state index in [1.807, 2.05) is 13.0 Å². The van der Waals surface area contributed by atoms with E-state index in [1.54, 1.807) is 24.3 Å². The lowest BCUT2D eigenvalue weighted by Crippen LogP contribution is -2.67. The van der Waals surface area contributed by atoms with Gasteiger partial charge in [-0.15, -0.1) is 0 Å². The van der Waals surface area contributed by atoms with Crippen LogP contribution in [0.5, 0.6) is 17.4 Å². The van der Waals surface area contributed by atoms with Gasteiger partial charge in [0.2, 0.25) is 27.7 Å². The third kappa shape index (κ3) is 7.98.